The van der Waals surface area contributed by atoms with Crippen molar-refractivity contribution in [2.24, 2.45) is 0 Å². The molecular weight excluding hydrogens is 293 g/mol. The fourth-order valence-electron chi connectivity index (χ4n) is 2.11. The van der Waals surface area contributed by atoms with Gasteiger partial charge in [0.1, 0.15) is 11.4 Å². The molecular formula is C16H11ClFNO2. The van der Waals surface area contributed by atoms with Crippen molar-refractivity contribution in [2.45, 2.75) is 6.54 Å². The Labute approximate surface area is 125 Å². The number of nitrogens with one attached hydrogen (secondary N) is 1. The summed E-state index contributed by atoms with van der Waals surface area (Å²) < 4.78 is 18.0. The summed E-state index contributed by atoms with van der Waals surface area (Å²) in [5.74, 6) is -0.293. The maximum atomic E-state index is 12.9. The second-order valence-corrected chi connectivity index (χ2v) is 5.03. The van der Waals surface area contributed by atoms with Crippen LogP contribution in [0.2, 0.25) is 5.02 Å². The SMILES string of the molecule is O=c1cc(CNc2ccc(F)cc2)c2cc(Cl)ccc2o1. The van der Waals surface area contributed by atoms with Crippen LogP contribution in [0.25, 0.3) is 11.0 Å². The summed E-state index contributed by atoms with van der Waals surface area (Å²) in [6.07, 6.45) is 0. The maximum Gasteiger partial charge on any atom is 0.336 e. The Kier molecular flexibility index (Phi) is 3.62. The molecule has 3 aromatic rings. The van der Waals surface area contributed by atoms with E-state index >= 15 is 0 Å². The first-order valence-corrected chi connectivity index (χ1v) is 6.71. The molecule has 0 aliphatic heterocycles. The van der Waals surface area contributed by atoms with Gasteiger partial charge in [0.2, 0.25) is 0 Å². The number of hydrogen-bond acceptors (Lipinski definition) is 3. The summed E-state index contributed by atoms with van der Waals surface area (Å²) in [5, 5.41) is 4.48. The normalized spacial score (nSPS) is 10.8. The standard InChI is InChI=1S/C16H11ClFNO2/c17-11-1-6-15-14(8-11)10(7-16(20)21-15)9-19-13-4-2-12(18)3-5-13/h1-8,19H,9H2. The predicted octanol–water partition coefficient (Wildman–Crippen LogP) is 4.20. The Hall–Kier alpha value is -2.33. The van der Waals surface area contributed by atoms with Crippen molar-refractivity contribution in [3.63, 3.8) is 0 Å². The van der Waals surface area contributed by atoms with Gasteiger partial charge in [0.25, 0.3) is 0 Å². The van der Waals surface area contributed by atoms with Crippen molar-refractivity contribution in [3.8, 4) is 0 Å². The van der Waals surface area contributed by atoms with E-state index in [1.54, 1.807) is 30.3 Å². The fourth-order valence-corrected chi connectivity index (χ4v) is 2.28. The Morgan fingerprint density at radius 3 is 2.62 bits per heavy atom. The number of rotatable bonds is 3. The zero-order valence-electron chi connectivity index (χ0n) is 10.9. The van der Waals surface area contributed by atoms with E-state index in [1.807, 2.05) is 0 Å². The zero-order valence-corrected chi connectivity index (χ0v) is 11.7. The van der Waals surface area contributed by atoms with Gasteiger partial charge in [0.05, 0.1) is 0 Å². The first-order valence-electron chi connectivity index (χ1n) is 6.33. The van der Waals surface area contributed by atoms with Crippen LogP contribution < -0.4 is 10.9 Å². The predicted molar refractivity (Wildman–Crippen MR) is 81.2 cm³/mol. The molecule has 0 saturated carbocycles. The van der Waals surface area contributed by atoms with E-state index in [0.717, 1.165) is 16.6 Å². The highest BCUT2D eigenvalue weighted by molar-refractivity contribution is 6.31. The molecule has 2 aromatic carbocycles. The molecule has 5 heteroatoms. The van der Waals surface area contributed by atoms with E-state index in [9.17, 15) is 9.18 Å². The lowest BCUT2D eigenvalue weighted by molar-refractivity contribution is 0.559. The Bertz CT molecular complexity index is 843. The average molecular weight is 304 g/mol. The highest BCUT2D eigenvalue weighted by Gasteiger charge is 2.06. The van der Waals surface area contributed by atoms with Gasteiger partial charge < -0.3 is 9.73 Å². The summed E-state index contributed by atoms with van der Waals surface area (Å²) in [6.45, 7) is 0.411. The van der Waals surface area contributed by atoms with Gasteiger partial charge in [-0.2, -0.15) is 0 Å². The van der Waals surface area contributed by atoms with Gasteiger partial charge in [-0.15, -0.1) is 0 Å². The van der Waals surface area contributed by atoms with Crippen LogP contribution in [-0.2, 0) is 6.54 Å². The van der Waals surface area contributed by atoms with Crippen LogP contribution >= 0.6 is 11.6 Å². The van der Waals surface area contributed by atoms with Crippen LogP contribution in [0.4, 0.5) is 10.1 Å². The fraction of sp³-hybridized carbons (Fsp3) is 0.0625. The van der Waals surface area contributed by atoms with E-state index in [0.29, 0.717) is 17.2 Å². The summed E-state index contributed by atoms with van der Waals surface area (Å²) >= 11 is 5.98. The molecule has 3 rings (SSSR count). The summed E-state index contributed by atoms with van der Waals surface area (Å²) in [5.41, 5.74) is 1.61. The van der Waals surface area contributed by atoms with E-state index in [2.05, 4.69) is 5.32 Å². The second kappa shape index (κ2) is 5.58. The van der Waals surface area contributed by atoms with E-state index in [1.165, 1.54) is 18.2 Å². The number of anilines is 1. The monoisotopic (exact) mass is 303 g/mol. The van der Waals surface area contributed by atoms with Crippen molar-refractivity contribution >= 4 is 28.3 Å². The molecule has 0 aliphatic rings. The Morgan fingerprint density at radius 1 is 1.10 bits per heavy atom. The topological polar surface area (TPSA) is 42.2 Å². The molecule has 0 spiro atoms. The highest BCUT2D eigenvalue weighted by Crippen LogP contribution is 2.22. The van der Waals surface area contributed by atoms with Crippen molar-refractivity contribution in [2.75, 3.05) is 5.32 Å². The number of fused-ring (bicyclic) bond motifs is 1. The zero-order chi connectivity index (χ0) is 14.8. The van der Waals surface area contributed by atoms with Crippen molar-refractivity contribution in [1.82, 2.24) is 0 Å². The van der Waals surface area contributed by atoms with Gasteiger partial charge in [0, 0.05) is 28.7 Å². The van der Waals surface area contributed by atoms with Gasteiger partial charge in [-0.3, -0.25) is 0 Å². The molecule has 1 heterocycles. The number of halogens is 2. The molecule has 1 aromatic heterocycles. The van der Waals surface area contributed by atoms with Gasteiger partial charge in [-0.05, 0) is 48.0 Å². The van der Waals surface area contributed by atoms with Crippen LogP contribution in [0.15, 0.2) is 57.7 Å². The third kappa shape index (κ3) is 3.06. The second-order valence-electron chi connectivity index (χ2n) is 4.59. The molecule has 0 bridgehead atoms. The lowest BCUT2D eigenvalue weighted by Gasteiger charge is -2.08. The van der Waals surface area contributed by atoms with Gasteiger partial charge in [-0.1, -0.05) is 11.6 Å². The first-order chi connectivity index (χ1) is 10.1. The minimum absolute atomic E-state index is 0.293. The van der Waals surface area contributed by atoms with Crippen LogP contribution in [0.3, 0.4) is 0 Å². The Balaban J connectivity index is 1.94. The third-order valence-corrected chi connectivity index (χ3v) is 3.35. The maximum absolute atomic E-state index is 12.9. The van der Waals surface area contributed by atoms with Crippen LogP contribution in [0.1, 0.15) is 5.56 Å². The van der Waals surface area contributed by atoms with Gasteiger partial charge in [-0.25, -0.2) is 9.18 Å². The van der Waals surface area contributed by atoms with Crippen LogP contribution in [0.5, 0.6) is 0 Å². The summed E-state index contributed by atoms with van der Waals surface area (Å²) in [6, 6.07) is 12.5. The molecule has 106 valence electrons. The molecule has 0 amide bonds. The van der Waals surface area contributed by atoms with Crippen LogP contribution in [0, 0.1) is 5.82 Å². The molecule has 1 N–H and O–H groups in total. The first kappa shape index (κ1) is 13.6. The molecule has 0 radical (unpaired) electrons. The molecule has 0 atom stereocenters. The number of benzene rings is 2. The molecule has 0 fully saturated rings. The summed E-state index contributed by atoms with van der Waals surface area (Å²) in [7, 11) is 0. The summed E-state index contributed by atoms with van der Waals surface area (Å²) in [4.78, 5) is 11.6. The van der Waals surface area contributed by atoms with E-state index < -0.39 is 5.63 Å². The van der Waals surface area contributed by atoms with E-state index in [-0.39, 0.29) is 5.82 Å². The third-order valence-electron chi connectivity index (χ3n) is 3.12. The molecule has 3 nitrogen and oxygen atoms in total. The highest BCUT2D eigenvalue weighted by atomic mass is 35.5. The Morgan fingerprint density at radius 2 is 1.86 bits per heavy atom. The minimum Gasteiger partial charge on any atom is -0.423 e. The van der Waals surface area contributed by atoms with Crippen LogP contribution in [-0.4, -0.2) is 0 Å². The smallest absolute Gasteiger partial charge is 0.336 e. The molecule has 0 unspecified atom stereocenters. The lowest BCUT2D eigenvalue weighted by Crippen LogP contribution is -2.05. The minimum atomic E-state index is -0.416. The van der Waals surface area contributed by atoms with Crippen molar-refractivity contribution < 1.29 is 8.81 Å². The van der Waals surface area contributed by atoms with Crippen molar-refractivity contribution in [1.29, 1.82) is 0 Å². The van der Waals surface area contributed by atoms with E-state index in [4.69, 9.17) is 16.0 Å². The number of hydrogen-bond donors (Lipinski definition) is 1. The van der Waals surface area contributed by atoms with Crippen molar-refractivity contribution in [3.05, 3.63) is 75.4 Å². The average Bonchev–Trinajstić information content (AvgIpc) is 2.47. The lowest BCUT2D eigenvalue weighted by atomic mass is 10.1. The molecule has 21 heavy (non-hydrogen) atoms. The van der Waals surface area contributed by atoms with Gasteiger partial charge in [0.15, 0.2) is 0 Å². The quantitative estimate of drug-likeness (QED) is 0.737. The van der Waals surface area contributed by atoms with Gasteiger partial charge >= 0.3 is 5.63 Å². The molecule has 0 aliphatic carbocycles. The molecule has 0 saturated heterocycles. The largest absolute Gasteiger partial charge is 0.423 e.